The average molecular weight is 291 g/mol. The Balaban J connectivity index is 0.00000180. The monoisotopic (exact) mass is 290 g/mol. The van der Waals surface area contributed by atoms with Crippen molar-refractivity contribution in [3.63, 3.8) is 0 Å². The molecule has 2 rings (SSSR count). The molecule has 0 spiro atoms. The second-order valence-electron chi connectivity index (χ2n) is 5.66. The molecule has 2 aliphatic heterocycles. The molecule has 2 saturated heterocycles. The van der Waals surface area contributed by atoms with Gasteiger partial charge >= 0.3 is 0 Å². The zero-order valence-corrected chi connectivity index (χ0v) is 12.7. The van der Waals surface area contributed by atoms with Gasteiger partial charge in [-0.25, -0.2) is 0 Å². The van der Waals surface area contributed by atoms with Crippen molar-refractivity contribution in [2.24, 2.45) is 5.73 Å². The number of carbonyl (C=O) groups is 1. The van der Waals surface area contributed by atoms with Gasteiger partial charge < -0.3 is 15.4 Å². The predicted octanol–water partition coefficient (Wildman–Crippen LogP) is 2.10. The molecular formula is C14H27ClN2O2. The van der Waals surface area contributed by atoms with Gasteiger partial charge in [-0.1, -0.05) is 0 Å². The minimum Gasteiger partial charge on any atom is -0.375 e. The molecule has 2 heterocycles. The number of piperidine rings is 1. The van der Waals surface area contributed by atoms with E-state index in [-0.39, 0.29) is 24.4 Å². The van der Waals surface area contributed by atoms with Crippen molar-refractivity contribution in [2.75, 3.05) is 13.1 Å². The molecular weight excluding hydrogens is 264 g/mol. The summed E-state index contributed by atoms with van der Waals surface area (Å²) < 4.78 is 5.76. The molecule has 0 aromatic rings. The smallest absolute Gasteiger partial charge is 0.222 e. The lowest BCUT2D eigenvalue weighted by molar-refractivity contribution is -0.135. The third-order valence-electron chi connectivity index (χ3n) is 4.22. The molecule has 19 heavy (non-hydrogen) atoms. The number of rotatable bonds is 4. The van der Waals surface area contributed by atoms with E-state index < -0.39 is 0 Å². The van der Waals surface area contributed by atoms with Gasteiger partial charge in [0.1, 0.15) is 0 Å². The number of hydrogen-bond donors (Lipinski definition) is 1. The minimum atomic E-state index is 0. The van der Waals surface area contributed by atoms with Crippen LogP contribution >= 0.6 is 12.4 Å². The Kier molecular flexibility index (Phi) is 7.11. The molecule has 112 valence electrons. The average Bonchev–Trinajstić information content (AvgIpc) is 2.81. The Morgan fingerprint density at radius 2 is 2.11 bits per heavy atom. The van der Waals surface area contributed by atoms with Crippen LogP contribution in [0.15, 0.2) is 0 Å². The first-order valence-corrected chi connectivity index (χ1v) is 7.35. The summed E-state index contributed by atoms with van der Waals surface area (Å²) in [6.45, 7) is 3.60. The van der Waals surface area contributed by atoms with E-state index in [9.17, 15) is 4.79 Å². The molecule has 0 aliphatic carbocycles. The summed E-state index contributed by atoms with van der Waals surface area (Å²) in [6.07, 6.45) is 7.79. The summed E-state index contributed by atoms with van der Waals surface area (Å²) in [6, 6.07) is 0.273. The third kappa shape index (κ3) is 4.62. The highest BCUT2D eigenvalue weighted by Crippen LogP contribution is 2.24. The lowest BCUT2D eigenvalue weighted by Gasteiger charge is -2.35. The first-order valence-electron chi connectivity index (χ1n) is 7.35. The maximum atomic E-state index is 12.2. The molecule has 0 aromatic heterocycles. The number of amides is 1. The van der Waals surface area contributed by atoms with Crippen molar-refractivity contribution in [1.29, 1.82) is 0 Å². The van der Waals surface area contributed by atoms with Gasteiger partial charge in [0.15, 0.2) is 0 Å². The molecule has 2 fully saturated rings. The molecule has 4 nitrogen and oxygen atoms in total. The van der Waals surface area contributed by atoms with Crippen LogP contribution in [0.5, 0.6) is 0 Å². The number of ether oxygens (including phenoxy) is 1. The Morgan fingerprint density at radius 3 is 2.74 bits per heavy atom. The Morgan fingerprint density at radius 1 is 1.32 bits per heavy atom. The fourth-order valence-corrected chi connectivity index (χ4v) is 3.10. The van der Waals surface area contributed by atoms with Crippen LogP contribution in [-0.4, -0.2) is 42.1 Å². The topological polar surface area (TPSA) is 55.6 Å². The van der Waals surface area contributed by atoms with Gasteiger partial charge in [0, 0.05) is 25.6 Å². The van der Waals surface area contributed by atoms with Crippen molar-refractivity contribution in [1.82, 2.24) is 4.90 Å². The fraction of sp³-hybridized carbons (Fsp3) is 0.929. The summed E-state index contributed by atoms with van der Waals surface area (Å²) in [4.78, 5) is 14.2. The molecule has 3 unspecified atom stereocenters. The molecule has 3 atom stereocenters. The Labute approximate surface area is 122 Å². The molecule has 0 radical (unpaired) electrons. The SMILES string of the molecule is CC1CCC(CCC(=O)N2CCCCC2CN)O1.Cl. The summed E-state index contributed by atoms with van der Waals surface area (Å²) in [7, 11) is 0. The first kappa shape index (κ1) is 16.7. The summed E-state index contributed by atoms with van der Waals surface area (Å²) in [5.74, 6) is 0.272. The Bertz CT molecular complexity index is 289. The second-order valence-corrected chi connectivity index (χ2v) is 5.66. The molecule has 0 bridgehead atoms. The fourth-order valence-electron chi connectivity index (χ4n) is 3.10. The molecule has 1 amide bonds. The molecule has 2 aliphatic rings. The highest BCUT2D eigenvalue weighted by Gasteiger charge is 2.27. The van der Waals surface area contributed by atoms with E-state index in [2.05, 4.69) is 6.92 Å². The number of carbonyl (C=O) groups excluding carboxylic acids is 1. The lowest BCUT2D eigenvalue weighted by atomic mass is 10.0. The van der Waals surface area contributed by atoms with Crippen LogP contribution in [-0.2, 0) is 9.53 Å². The van der Waals surface area contributed by atoms with Crippen molar-refractivity contribution >= 4 is 18.3 Å². The van der Waals surface area contributed by atoms with Crippen LogP contribution in [0.3, 0.4) is 0 Å². The maximum Gasteiger partial charge on any atom is 0.222 e. The molecule has 0 aromatic carbocycles. The summed E-state index contributed by atoms with van der Waals surface area (Å²) in [5, 5.41) is 0. The van der Waals surface area contributed by atoms with Gasteiger partial charge in [-0.15, -0.1) is 12.4 Å². The minimum absolute atomic E-state index is 0. The van der Waals surface area contributed by atoms with E-state index in [0.717, 1.165) is 38.6 Å². The summed E-state index contributed by atoms with van der Waals surface area (Å²) >= 11 is 0. The number of halogens is 1. The lowest BCUT2D eigenvalue weighted by Crippen LogP contribution is -2.47. The van der Waals surface area contributed by atoms with Gasteiger partial charge in [0.05, 0.1) is 12.2 Å². The van der Waals surface area contributed by atoms with Crippen molar-refractivity contribution in [2.45, 2.75) is 70.1 Å². The van der Waals surface area contributed by atoms with Crippen molar-refractivity contribution < 1.29 is 9.53 Å². The number of nitrogens with two attached hydrogens (primary N) is 1. The zero-order valence-electron chi connectivity index (χ0n) is 11.8. The van der Waals surface area contributed by atoms with E-state index in [0.29, 0.717) is 25.2 Å². The predicted molar refractivity (Wildman–Crippen MR) is 78.5 cm³/mol. The van der Waals surface area contributed by atoms with Gasteiger partial charge in [0.25, 0.3) is 0 Å². The number of likely N-dealkylation sites (tertiary alicyclic amines) is 1. The van der Waals surface area contributed by atoms with E-state index >= 15 is 0 Å². The standard InChI is InChI=1S/C14H26N2O2.ClH/c1-11-5-6-13(18-11)7-8-14(17)16-9-3-2-4-12(16)10-15;/h11-13H,2-10,15H2,1H3;1H. The maximum absolute atomic E-state index is 12.2. The van der Waals surface area contributed by atoms with Crippen LogP contribution in [0.2, 0.25) is 0 Å². The van der Waals surface area contributed by atoms with Crippen molar-refractivity contribution in [3.05, 3.63) is 0 Å². The van der Waals surface area contributed by atoms with Gasteiger partial charge in [0.2, 0.25) is 5.91 Å². The van der Waals surface area contributed by atoms with Gasteiger partial charge in [-0.2, -0.15) is 0 Å². The largest absolute Gasteiger partial charge is 0.375 e. The van der Waals surface area contributed by atoms with Crippen LogP contribution < -0.4 is 5.73 Å². The van der Waals surface area contributed by atoms with Crippen molar-refractivity contribution in [3.8, 4) is 0 Å². The van der Waals surface area contributed by atoms with Crippen LogP contribution in [0.25, 0.3) is 0 Å². The van der Waals surface area contributed by atoms with Crippen LogP contribution in [0.1, 0.15) is 51.9 Å². The number of hydrogen-bond acceptors (Lipinski definition) is 3. The quantitative estimate of drug-likeness (QED) is 0.863. The van der Waals surface area contributed by atoms with E-state index in [1.165, 1.54) is 6.42 Å². The van der Waals surface area contributed by atoms with Gasteiger partial charge in [-0.05, 0) is 45.4 Å². The van der Waals surface area contributed by atoms with E-state index in [1.807, 2.05) is 4.90 Å². The molecule has 5 heteroatoms. The highest BCUT2D eigenvalue weighted by molar-refractivity contribution is 5.85. The first-order chi connectivity index (χ1) is 8.70. The van der Waals surface area contributed by atoms with E-state index in [1.54, 1.807) is 0 Å². The summed E-state index contributed by atoms with van der Waals surface area (Å²) in [5.41, 5.74) is 5.75. The molecule has 2 N–H and O–H groups in total. The Hall–Kier alpha value is -0.320. The van der Waals surface area contributed by atoms with Crippen LogP contribution in [0, 0.1) is 0 Å². The zero-order chi connectivity index (χ0) is 13.0. The van der Waals surface area contributed by atoms with Gasteiger partial charge in [-0.3, -0.25) is 4.79 Å². The normalized spacial score (nSPS) is 31.1. The van der Waals surface area contributed by atoms with Crippen LogP contribution in [0.4, 0.5) is 0 Å². The second kappa shape index (κ2) is 8.08. The van der Waals surface area contributed by atoms with E-state index in [4.69, 9.17) is 10.5 Å². The highest BCUT2D eigenvalue weighted by atomic mass is 35.5. The molecule has 0 saturated carbocycles. The third-order valence-corrected chi connectivity index (χ3v) is 4.22. The number of nitrogens with zero attached hydrogens (tertiary/aromatic N) is 1.